The molecule has 3 atom stereocenters. The standard InChI is InChI=1S/C15H22F2O4/c1-9(12(2,16)17)21-11(18)13-3-10-4-14(19,6-13)8-15(20,5-10)7-13/h9-10,19-20H,3-8H2,1-2H3. The third-order valence-electron chi connectivity index (χ3n) is 5.44. The molecular weight excluding hydrogens is 282 g/mol. The second kappa shape index (κ2) is 4.16. The topological polar surface area (TPSA) is 66.8 Å². The molecular formula is C15H22F2O4. The Morgan fingerprint density at radius 2 is 1.71 bits per heavy atom. The van der Waals surface area contributed by atoms with E-state index in [0.717, 1.165) is 0 Å². The normalized spacial score (nSPS) is 46.5. The number of ether oxygens (including phenoxy) is 1. The molecule has 0 aliphatic heterocycles. The highest BCUT2D eigenvalue weighted by molar-refractivity contribution is 5.78. The van der Waals surface area contributed by atoms with Gasteiger partial charge in [-0.25, -0.2) is 8.78 Å². The van der Waals surface area contributed by atoms with E-state index in [0.29, 0.717) is 26.2 Å². The molecule has 0 radical (unpaired) electrons. The third kappa shape index (κ3) is 2.46. The van der Waals surface area contributed by atoms with Crippen molar-refractivity contribution in [1.82, 2.24) is 0 Å². The smallest absolute Gasteiger partial charge is 0.312 e. The zero-order chi connectivity index (χ0) is 15.7. The number of aliphatic hydroxyl groups is 2. The molecule has 0 aromatic carbocycles. The number of halogens is 2. The van der Waals surface area contributed by atoms with Gasteiger partial charge in [-0.3, -0.25) is 4.79 Å². The van der Waals surface area contributed by atoms with Crippen molar-refractivity contribution in [3.05, 3.63) is 0 Å². The number of alkyl halides is 2. The van der Waals surface area contributed by atoms with Gasteiger partial charge in [-0.2, -0.15) is 0 Å². The summed E-state index contributed by atoms with van der Waals surface area (Å²) >= 11 is 0. The van der Waals surface area contributed by atoms with Crippen LogP contribution in [0, 0.1) is 11.3 Å². The second-order valence-electron chi connectivity index (χ2n) is 7.74. The van der Waals surface area contributed by atoms with Crippen molar-refractivity contribution in [2.75, 3.05) is 0 Å². The Balaban J connectivity index is 1.83. The first-order valence-corrected chi connectivity index (χ1v) is 7.49. The molecule has 4 saturated carbocycles. The molecule has 0 heterocycles. The van der Waals surface area contributed by atoms with Gasteiger partial charge in [0.2, 0.25) is 0 Å². The molecule has 4 bridgehead atoms. The quantitative estimate of drug-likeness (QED) is 0.783. The van der Waals surface area contributed by atoms with Crippen molar-refractivity contribution >= 4 is 5.97 Å². The van der Waals surface area contributed by atoms with E-state index in [1.165, 1.54) is 6.92 Å². The maximum Gasteiger partial charge on any atom is 0.312 e. The van der Waals surface area contributed by atoms with E-state index in [2.05, 4.69) is 0 Å². The number of hydrogen-bond donors (Lipinski definition) is 2. The van der Waals surface area contributed by atoms with Crippen LogP contribution in [0.25, 0.3) is 0 Å². The Morgan fingerprint density at radius 3 is 2.14 bits per heavy atom. The van der Waals surface area contributed by atoms with E-state index in [9.17, 15) is 23.8 Å². The van der Waals surface area contributed by atoms with Gasteiger partial charge in [0.15, 0.2) is 6.10 Å². The SMILES string of the molecule is CC(OC(=O)C12CC3CC(O)(CC(O)(C3)C1)C2)C(C)(F)F. The van der Waals surface area contributed by atoms with Gasteiger partial charge in [0.25, 0.3) is 5.92 Å². The third-order valence-corrected chi connectivity index (χ3v) is 5.44. The Hall–Kier alpha value is -0.750. The summed E-state index contributed by atoms with van der Waals surface area (Å²) in [6.07, 6.45) is 0.832. The highest BCUT2D eigenvalue weighted by atomic mass is 19.3. The molecule has 0 saturated heterocycles. The van der Waals surface area contributed by atoms with Crippen molar-refractivity contribution in [3.63, 3.8) is 0 Å². The van der Waals surface area contributed by atoms with Crippen LogP contribution in [0.4, 0.5) is 8.78 Å². The van der Waals surface area contributed by atoms with Gasteiger partial charge >= 0.3 is 5.97 Å². The van der Waals surface area contributed by atoms with Crippen molar-refractivity contribution in [1.29, 1.82) is 0 Å². The first kappa shape index (κ1) is 15.2. The van der Waals surface area contributed by atoms with Crippen LogP contribution in [-0.2, 0) is 9.53 Å². The van der Waals surface area contributed by atoms with E-state index in [-0.39, 0.29) is 25.2 Å². The summed E-state index contributed by atoms with van der Waals surface area (Å²) in [5, 5.41) is 21.1. The summed E-state index contributed by atoms with van der Waals surface area (Å²) in [4.78, 5) is 12.5. The van der Waals surface area contributed by atoms with E-state index >= 15 is 0 Å². The predicted octanol–water partition coefficient (Wildman–Crippen LogP) is 2.02. The van der Waals surface area contributed by atoms with Gasteiger partial charge in [-0.1, -0.05) is 0 Å². The Bertz CT molecular complexity index is 455. The van der Waals surface area contributed by atoms with E-state index in [1.807, 2.05) is 0 Å². The Kier molecular flexibility index (Phi) is 3.00. The van der Waals surface area contributed by atoms with Crippen LogP contribution in [0.15, 0.2) is 0 Å². The number of hydrogen-bond acceptors (Lipinski definition) is 4. The fourth-order valence-electron chi connectivity index (χ4n) is 4.95. The highest BCUT2D eigenvalue weighted by Gasteiger charge is 2.66. The van der Waals surface area contributed by atoms with Crippen LogP contribution in [0.2, 0.25) is 0 Å². The molecule has 21 heavy (non-hydrogen) atoms. The molecule has 4 nitrogen and oxygen atoms in total. The number of carbonyl (C=O) groups is 1. The first-order chi connectivity index (χ1) is 9.46. The van der Waals surface area contributed by atoms with Crippen LogP contribution in [0.5, 0.6) is 0 Å². The van der Waals surface area contributed by atoms with Crippen LogP contribution in [-0.4, -0.2) is 39.4 Å². The minimum atomic E-state index is -3.11. The molecule has 4 aliphatic carbocycles. The van der Waals surface area contributed by atoms with Crippen LogP contribution >= 0.6 is 0 Å². The number of carbonyl (C=O) groups excluding carboxylic acids is 1. The van der Waals surface area contributed by atoms with Crippen molar-refractivity contribution < 1.29 is 28.5 Å². The minimum absolute atomic E-state index is 0.0567. The van der Waals surface area contributed by atoms with Crippen molar-refractivity contribution in [2.24, 2.45) is 11.3 Å². The lowest BCUT2D eigenvalue weighted by Crippen LogP contribution is -2.65. The van der Waals surface area contributed by atoms with Gasteiger partial charge in [0.1, 0.15) is 0 Å². The van der Waals surface area contributed by atoms with Crippen molar-refractivity contribution in [2.45, 2.75) is 75.6 Å². The lowest BCUT2D eigenvalue weighted by molar-refractivity contribution is -0.243. The lowest BCUT2D eigenvalue weighted by atomic mass is 9.46. The van der Waals surface area contributed by atoms with E-state index in [1.54, 1.807) is 0 Å². The maximum atomic E-state index is 13.2. The summed E-state index contributed by atoms with van der Waals surface area (Å²) in [6.45, 7) is 1.88. The number of esters is 1. The summed E-state index contributed by atoms with van der Waals surface area (Å²) in [5.74, 6) is -3.75. The molecule has 0 aromatic rings. The largest absolute Gasteiger partial charge is 0.456 e. The zero-order valence-electron chi connectivity index (χ0n) is 12.4. The first-order valence-electron chi connectivity index (χ1n) is 7.49. The molecule has 120 valence electrons. The molecule has 4 rings (SSSR count). The van der Waals surface area contributed by atoms with Gasteiger partial charge in [0, 0.05) is 13.3 Å². The van der Waals surface area contributed by atoms with E-state index in [4.69, 9.17) is 4.74 Å². The maximum absolute atomic E-state index is 13.2. The van der Waals surface area contributed by atoms with Crippen molar-refractivity contribution in [3.8, 4) is 0 Å². The minimum Gasteiger partial charge on any atom is -0.456 e. The molecule has 3 unspecified atom stereocenters. The molecule has 0 amide bonds. The monoisotopic (exact) mass is 304 g/mol. The predicted molar refractivity (Wildman–Crippen MR) is 69.7 cm³/mol. The van der Waals surface area contributed by atoms with Gasteiger partial charge < -0.3 is 14.9 Å². The van der Waals surface area contributed by atoms with Crippen LogP contribution in [0.3, 0.4) is 0 Å². The molecule has 6 heteroatoms. The summed E-state index contributed by atoms with van der Waals surface area (Å²) in [7, 11) is 0. The number of rotatable bonds is 3. The molecule has 0 spiro atoms. The molecule has 4 fully saturated rings. The summed E-state index contributed by atoms with van der Waals surface area (Å²) in [5.41, 5.74) is -3.14. The van der Waals surface area contributed by atoms with Gasteiger partial charge in [0.05, 0.1) is 16.6 Å². The Morgan fingerprint density at radius 1 is 1.19 bits per heavy atom. The second-order valence-corrected chi connectivity index (χ2v) is 7.74. The fraction of sp³-hybridized carbons (Fsp3) is 0.933. The van der Waals surface area contributed by atoms with Crippen LogP contribution < -0.4 is 0 Å². The lowest BCUT2D eigenvalue weighted by Gasteiger charge is -2.62. The summed E-state index contributed by atoms with van der Waals surface area (Å²) in [6, 6.07) is 0. The summed E-state index contributed by atoms with van der Waals surface area (Å²) < 4.78 is 31.4. The van der Waals surface area contributed by atoms with Gasteiger partial charge in [-0.05, 0) is 44.9 Å². The molecule has 4 aliphatic rings. The molecule has 0 aromatic heterocycles. The highest BCUT2D eigenvalue weighted by Crippen LogP contribution is 2.63. The van der Waals surface area contributed by atoms with Gasteiger partial charge in [-0.15, -0.1) is 0 Å². The average molecular weight is 304 g/mol. The Labute approximate surface area is 122 Å². The van der Waals surface area contributed by atoms with E-state index < -0.39 is 34.6 Å². The molecule has 2 N–H and O–H groups in total. The van der Waals surface area contributed by atoms with Crippen LogP contribution in [0.1, 0.15) is 52.4 Å². The fourth-order valence-corrected chi connectivity index (χ4v) is 4.95. The average Bonchev–Trinajstić information content (AvgIpc) is 2.21. The zero-order valence-corrected chi connectivity index (χ0v) is 12.4.